The molecule has 6 nitrogen and oxygen atoms in total. The van der Waals surface area contributed by atoms with Crippen LogP contribution in [0.1, 0.15) is 29.8 Å². The van der Waals surface area contributed by atoms with Gasteiger partial charge in [0.25, 0.3) is 0 Å². The first-order valence-corrected chi connectivity index (χ1v) is 7.94. The SMILES string of the molecule is CCONC=O.CCOc1cc(C)ccc1C(=O)Oc1ccccc1. The van der Waals surface area contributed by atoms with E-state index in [4.69, 9.17) is 9.47 Å². The number of aryl methyl sites for hydroxylation is 1. The molecular weight excluding hydrogens is 322 g/mol. The maximum atomic E-state index is 12.1. The van der Waals surface area contributed by atoms with Crippen LogP contribution in [0.5, 0.6) is 11.5 Å². The van der Waals surface area contributed by atoms with Gasteiger partial charge in [-0.25, -0.2) is 10.3 Å². The highest BCUT2D eigenvalue weighted by Crippen LogP contribution is 2.22. The Balaban J connectivity index is 0.000000450. The normalized spacial score (nSPS) is 9.40. The summed E-state index contributed by atoms with van der Waals surface area (Å²) in [6.45, 7) is 6.65. The second kappa shape index (κ2) is 11.6. The van der Waals surface area contributed by atoms with Gasteiger partial charge in [-0.05, 0) is 50.6 Å². The molecule has 1 N–H and O–H groups in total. The molecule has 0 aliphatic carbocycles. The van der Waals surface area contributed by atoms with E-state index in [2.05, 4.69) is 4.84 Å². The molecule has 1 amide bonds. The van der Waals surface area contributed by atoms with Crippen LogP contribution in [0.25, 0.3) is 0 Å². The summed E-state index contributed by atoms with van der Waals surface area (Å²) in [4.78, 5) is 25.8. The van der Waals surface area contributed by atoms with Gasteiger partial charge < -0.3 is 9.47 Å². The number of amides is 1. The summed E-state index contributed by atoms with van der Waals surface area (Å²) in [5.74, 6) is 0.675. The van der Waals surface area contributed by atoms with Crippen molar-refractivity contribution in [3.8, 4) is 11.5 Å². The van der Waals surface area contributed by atoms with Gasteiger partial charge in [0, 0.05) is 0 Å². The Labute approximate surface area is 147 Å². The Kier molecular flexibility index (Phi) is 9.40. The molecule has 0 spiro atoms. The number of rotatable bonds is 7. The highest BCUT2D eigenvalue weighted by atomic mass is 16.6. The fraction of sp³-hybridized carbons (Fsp3) is 0.263. The third kappa shape index (κ3) is 7.50. The summed E-state index contributed by atoms with van der Waals surface area (Å²) < 4.78 is 10.8. The molecule has 2 aromatic carbocycles. The number of hydrogen-bond donors (Lipinski definition) is 1. The van der Waals surface area contributed by atoms with Crippen molar-refractivity contribution in [2.45, 2.75) is 20.8 Å². The van der Waals surface area contributed by atoms with Crippen LogP contribution in [0.2, 0.25) is 0 Å². The van der Waals surface area contributed by atoms with E-state index < -0.39 is 5.97 Å². The van der Waals surface area contributed by atoms with Crippen molar-refractivity contribution in [1.29, 1.82) is 0 Å². The molecule has 0 radical (unpaired) electrons. The maximum absolute atomic E-state index is 12.1. The van der Waals surface area contributed by atoms with Gasteiger partial charge in [-0.3, -0.25) is 9.63 Å². The van der Waals surface area contributed by atoms with Gasteiger partial charge in [0.15, 0.2) is 0 Å². The fourth-order valence-electron chi connectivity index (χ4n) is 1.84. The minimum atomic E-state index is -0.408. The second-order valence-electron chi connectivity index (χ2n) is 4.80. The monoisotopic (exact) mass is 345 g/mol. The lowest BCUT2D eigenvalue weighted by Gasteiger charge is -2.10. The molecule has 2 rings (SSSR count). The average Bonchev–Trinajstić information content (AvgIpc) is 2.61. The number of carbonyl (C=O) groups is 2. The van der Waals surface area contributed by atoms with Crippen molar-refractivity contribution in [3.05, 3.63) is 59.7 Å². The van der Waals surface area contributed by atoms with E-state index in [1.807, 2.05) is 49.7 Å². The van der Waals surface area contributed by atoms with E-state index >= 15 is 0 Å². The molecule has 0 atom stereocenters. The molecule has 2 aromatic rings. The van der Waals surface area contributed by atoms with Crippen LogP contribution in [-0.4, -0.2) is 25.6 Å². The molecule has 0 saturated carbocycles. The second-order valence-corrected chi connectivity index (χ2v) is 4.80. The van der Waals surface area contributed by atoms with Crippen LogP contribution < -0.4 is 15.0 Å². The van der Waals surface area contributed by atoms with Crippen LogP contribution in [0.3, 0.4) is 0 Å². The van der Waals surface area contributed by atoms with Crippen molar-refractivity contribution in [1.82, 2.24) is 5.48 Å². The van der Waals surface area contributed by atoms with Gasteiger partial charge in [-0.1, -0.05) is 24.3 Å². The third-order valence-electron chi connectivity index (χ3n) is 2.89. The highest BCUT2D eigenvalue weighted by molar-refractivity contribution is 5.94. The summed E-state index contributed by atoms with van der Waals surface area (Å²) in [5.41, 5.74) is 3.50. The first-order chi connectivity index (χ1) is 12.1. The summed E-state index contributed by atoms with van der Waals surface area (Å²) >= 11 is 0. The Morgan fingerprint density at radius 3 is 2.36 bits per heavy atom. The average molecular weight is 345 g/mol. The Morgan fingerprint density at radius 1 is 1.08 bits per heavy atom. The smallest absolute Gasteiger partial charge is 0.347 e. The van der Waals surface area contributed by atoms with Crippen LogP contribution in [0, 0.1) is 6.92 Å². The van der Waals surface area contributed by atoms with Gasteiger partial charge in [0.2, 0.25) is 6.41 Å². The first-order valence-electron chi connectivity index (χ1n) is 7.94. The molecule has 0 aromatic heterocycles. The van der Waals surface area contributed by atoms with E-state index in [0.29, 0.717) is 36.7 Å². The third-order valence-corrected chi connectivity index (χ3v) is 2.89. The van der Waals surface area contributed by atoms with Crippen LogP contribution in [0.15, 0.2) is 48.5 Å². The fourth-order valence-corrected chi connectivity index (χ4v) is 1.84. The molecule has 0 aliphatic rings. The van der Waals surface area contributed by atoms with Gasteiger partial charge in [0.1, 0.15) is 17.1 Å². The molecule has 6 heteroatoms. The number of benzene rings is 2. The minimum Gasteiger partial charge on any atom is -0.493 e. The molecule has 0 bridgehead atoms. The standard InChI is InChI=1S/C16H16O3.C3H7NO2/c1-3-18-15-11-12(2)9-10-14(15)16(17)19-13-7-5-4-6-8-13;1-2-6-4-3-5/h4-11H,3H2,1-2H3;3H,2H2,1H3,(H,4,5). The van der Waals surface area contributed by atoms with Crippen LogP contribution >= 0.6 is 0 Å². The lowest BCUT2D eigenvalue weighted by Crippen LogP contribution is -2.11. The summed E-state index contributed by atoms with van der Waals surface area (Å²) in [6.07, 6.45) is 0.490. The number of para-hydroxylation sites is 1. The van der Waals surface area contributed by atoms with E-state index in [0.717, 1.165) is 5.56 Å². The number of carbonyl (C=O) groups excluding carboxylic acids is 2. The summed E-state index contributed by atoms with van der Waals surface area (Å²) in [5, 5.41) is 0. The van der Waals surface area contributed by atoms with Gasteiger partial charge >= 0.3 is 5.97 Å². The zero-order valence-corrected chi connectivity index (χ0v) is 14.7. The van der Waals surface area contributed by atoms with E-state index in [1.165, 1.54) is 0 Å². The molecule has 25 heavy (non-hydrogen) atoms. The predicted octanol–water partition coefficient (Wildman–Crippen LogP) is 3.30. The lowest BCUT2D eigenvalue weighted by molar-refractivity contribution is -0.120. The van der Waals surface area contributed by atoms with Crippen molar-refractivity contribution in [2.75, 3.05) is 13.2 Å². The van der Waals surface area contributed by atoms with Crippen LogP contribution in [-0.2, 0) is 9.63 Å². The van der Waals surface area contributed by atoms with E-state index in [-0.39, 0.29) is 0 Å². The van der Waals surface area contributed by atoms with Gasteiger partial charge in [-0.15, -0.1) is 0 Å². The Morgan fingerprint density at radius 2 is 1.80 bits per heavy atom. The number of ether oxygens (including phenoxy) is 2. The minimum absolute atomic E-state index is 0.408. The molecule has 0 saturated heterocycles. The topological polar surface area (TPSA) is 73.9 Å². The van der Waals surface area contributed by atoms with E-state index in [9.17, 15) is 9.59 Å². The Bertz CT molecular complexity index is 658. The quantitative estimate of drug-likeness (QED) is 0.274. The van der Waals surface area contributed by atoms with Crippen LogP contribution in [0.4, 0.5) is 0 Å². The predicted molar refractivity (Wildman–Crippen MR) is 94.6 cm³/mol. The molecule has 0 aliphatic heterocycles. The zero-order chi connectivity index (χ0) is 18.5. The van der Waals surface area contributed by atoms with E-state index in [1.54, 1.807) is 25.1 Å². The lowest BCUT2D eigenvalue weighted by atomic mass is 10.1. The highest BCUT2D eigenvalue weighted by Gasteiger charge is 2.14. The largest absolute Gasteiger partial charge is 0.493 e. The molecule has 0 heterocycles. The number of nitrogens with one attached hydrogen (secondary N) is 1. The number of esters is 1. The summed E-state index contributed by atoms with van der Waals surface area (Å²) in [6, 6.07) is 14.4. The Hall–Kier alpha value is -2.86. The number of hydrogen-bond acceptors (Lipinski definition) is 5. The molecule has 134 valence electrons. The van der Waals surface area contributed by atoms with Crippen molar-refractivity contribution in [2.24, 2.45) is 0 Å². The first kappa shape index (κ1) is 20.2. The molecule has 0 fully saturated rings. The summed E-state index contributed by atoms with van der Waals surface area (Å²) in [7, 11) is 0. The van der Waals surface area contributed by atoms with Crippen molar-refractivity contribution in [3.63, 3.8) is 0 Å². The number of hydroxylamine groups is 1. The van der Waals surface area contributed by atoms with Gasteiger partial charge in [-0.2, -0.15) is 0 Å². The van der Waals surface area contributed by atoms with Crippen molar-refractivity contribution >= 4 is 12.4 Å². The maximum Gasteiger partial charge on any atom is 0.347 e. The van der Waals surface area contributed by atoms with Gasteiger partial charge in [0.05, 0.1) is 13.2 Å². The molecular formula is C19H23NO5. The molecule has 0 unspecified atom stereocenters. The van der Waals surface area contributed by atoms with Crippen molar-refractivity contribution < 1.29 is 23.9 Å². The zero-order valence-electron chi connectivity index (χ0n) is 14.7.